The molecule has 1 fully saturated rings. The first-order valence-electron chi connectivity index (χ1n) is 11.0. The maximum atomic E-state index is 12.7. The fraction of sp³-hybridized carbons (Fsp3) is 0.400. The highest BCUT2D eigenvalue weighted by Crippen LogP contribution is 2.26. The van der Waals surface area contributed by atoms with Crippen LogP contribution >= 0.6 is 0 Å². The minimum absolute atomic E-state index is 0.0847. The molecule has 7 heteroatoms. The van der Waals surface area contributed by atoms with Crippen molar-refractivity contribution < 1.29 is 18.8 Å². The summed E-state index contributed by atoms with van der Waals surface area (Å²) < 4.78 is 17.2. The van der Waals surface area contributed by atoms with Crippen LogP contribution in [0.4, 0.5) is 0 Å². The summed E-state index contributed by atoms with van der Waals surface area (Å²) in [7, 11) is 0. The van der Waals surface area contributed by atoms with Crippen molar-refractivity contribution in [2.24, 2.45) is 0 Å². The van der Waals surface area contributed by atoms with Crippen molar-refractivity contribution in [1.29, 1.82) is 0 Å². The molecule has 1 aliphatic rings. The summed E-state index contributed by atoms with van der Waals surface area (Å²) >= 11 is 0. The Morgan fingerprint density at radius 2 is 1.94 bits per heavy atom. The SMILES string of the molecule is Cc1ccccc1-c1noc([C@@H]2CN(C(=O)CCCOc3cccc(C)c3C)CCO2)n1. The highest BCUT2D eigenvalue weighted by atomic mass is 16.5. The van der Waals surface area contributed by atoms with Crippen LogP contribution in [0.2, 0.25) is 0 Å². The molecule has 1 saturated heterocycles. The monoisotopic (exact) mass is 435 g/mol. The van der Waals surface area contributed by atoms with Crippen LogP contribution < -0.4 is 4.74 Å². The molecular weight excluding hydrogens is 406 g/mol. The Balaban J connectivity index is 1.29. The molecule has 3 aromatic rings. The van der Waals surface area contributed by atoms with E-state index in [0.717, 1.165) is 22.4 Å². The van der Waals surface area contributed by atoms with Crippen LogP contribution in [0.5, 0.6) is 5.75 Å². The molecule has 1 atom stereocenters. The van der Waals surface area contributed by atoms with Crippen molar-refractivity contribution in [3.8, 4) is 17.1 Å². The van der Waals surface area contributed by atoms with E-state index < -0.39 is 6.10 Å². The second-order valence-electron chi connectivity index (χ2n) is 8.12. The molecule has 0 saturated carbocycles. The normalized spacial score (nSPS) is 16.2. The Labute approximate surface area is 188 Å². The van der Waals surface area contributed by atoms with Crippen LogP contribution in [0.1, 0.15) is 41.5 Å². The van der Waals surface area contributed by atoms with E-state index in [4.69, 9.17) is 14.0 Å². The third-order valence-electron chi connectivity index (χ3n) is 5.87. The second-order valence-corrected chi connectivity index (χ2v) is 8.12. The first kappa shape index (κ1) is 22.0. The van der Waals surface area contributed by atoms with Crippen LogP contribution in [0.25, 0.3) is 11.4 Å². The van der Waals surface area contributed by atoms with Gasteiger partial charge in [-0.25, -0.2) is 0 Å². The third kappa shape index (κ3) is 4.99. The third-order valence-corrected chi connectivity index (χ3v) is 5.87. The van der Waals surface area contributed by atoms with Gasteiger partial charge in [0.15, 0.2) is 6.10 Å². The van der Waals surface area contributed by atoms with Gasteiger partial charge in [-0.2, -0.15) is 4.98 Å². The number of hydrogen-bond donors (Lipinski definition) is 0. The quantitative estimate of drug-likeness (QED) is 0.511. The predicted octanol–water partition coefficient (Wildman–Crippen LogP) is 4.42. The van der Waals surface area contributed by atoms with E-state index in [0.29, 0.717) is 50.9 Å². The summed E-state index contributed by atoms with van der Waals surface area (Å²) in [6, 6.07) is 13.9. The Kier molecular flexibility index (Phi) is 6.85. The Bertz CT molecular complexity index is 1080. The fourth-order valence-corrected chi connectivity index (χ4v) is 3.77. The van der Waals surface area contributed by atoms with Gasteiger partial charge >= 0.3 is 0 Å². The predicted molar refractivity (Wildman–Crippen MR) is 120 cm³/mol. The van der Waals surface area contributed by atoms with E-state index >= 15 is 0 Å². The smallest absolute Gasteiger partial charge is 0.257 e. The van der Waals surface area contributed by atoms with Crippen molar-refractivity contribution in [1.82, 2.24) is 15.0 Å². The van der Waals surface area contributed by atoms with Gasteiger partial charge in [0.05, 0.1) is 19.8 Å². The molecule has 1 amide bonds. The average molecular weight is 436 g/mol. The lowest BCUT2D eigenvalue weighted by atomic mass is 10.1. The number of carbonyl (C=O) groups excluding carboxylic acids is 1. The summed E-state index contributed by atoms with van der Waals surface area (Å²) in [5, 5.41) is 4.11. The van der Waals surface area contributed by atoms with Gasteiger partial charge in [0, 0.05) is 18.5 Å². The number of nitrogens with zero attached hydrogens (tertiary/aromatic N) is 3. The molecule has 0 radical (unpaired) electrons. The molecule has 4 rings (SSSR count). The number of morpholine rings is 1. The molecular formula is C25H29N3O4. The van der Waals surface area contributed by atoms with E-state index in [2.05, 4.69) is 23.1 Å². The minimum Gasteiger partial charge on any atom is -0.493 e. The second kappa shape index (κ2) is 9.96. The van der Waals surface area contributed by atoms with E-state index in [1.165, 1.54) is 5.56 Å². The number of carbonyl (C=O) groups is 1. The first-order valence-corrected chi connectivity index (χ1v) is 11.0. The Morgan fingerprint density at radius 3 is 2.78 bits per heavy atom. The molecule has 168 valence electrons. The number of aryl methyl sites for hydroxylation is 2. The molecule has 0 aliphatic carbocycles. The van der Waals surface area contributed by atoms with Crippen molar-refractivity contribution in [2.75, 3.05) is 26.3 Å². The molecule has 0 bridgehead atoms. The van der Waals surface area contributed by atoms with Gasteiger partial charge in [0.1, 0.15) is 5.75 Å². The van der Waals surface area contributed by atoms with E-state index in [-0.39, 0.29) is 5.91 Å². The van der Waals surface area contributed by atoms with Crippen LogP contribution in [0.3, 0.4) is 0 Å². The first-order chi connectivity index (χ1) is 15.5. The van der Waals surface area contributed by atoms with Gasteiger partial charge < -0.3 is 18.9 Å². The van der Waals surface area contributed by atoms with Gasteiger partial charge in [-0.3, -0.25) is 4.79 Å². The van der Waals surface area contributed by atoms with Crippen LogP contribution in [0.15, 0.2) is 47.0 Å². The summed E-state index contributed by atoms with van der Waals surface area (Å²) in [6.45, 7) is 8.04. The Morgan fingerprint density at radius 1 is 1.12 bits per heavy atom. The van der Waals surface area contributed by atoms with Gasteiger partial charge in [0.25, 0.3) is 5.89 Å². The zero-order valence-corrected chi connectivity index (χ0v) is 18.8. The Hall–Kier alpha value is -3.19. The van der Waals surface area contributed by atoms with Crippen LogP contribution in [0, 0.1) is 20.8 Å². The number of aromatic nitrogens is 2. The summed E-state index contributed by atoms with van der Waals surface area (Å²) in [4.78, 5) is 19.1. The largest absolute Gasteiger partial charge is 0.493 e. The molecule has 2 aromatic carbocycles. The number of amides is 1. The van der Waals surface area contributed by atoms with Crippen molar-refractivity contribution in [2.45, 2.75) is 39.7 Å². The molecule has 2 heterocycles. The average Bonchev–Trinajstić information content (AvgIpc) is 3.30. The van der Waals surface area contributed by atoms with E-state index in [1.807, 2.05) is 55.1 Å². The van der Waals surface area contributed by atoms with Gasteiger partial charge in [-0.1, -0.05) is 41.6 Å². The van der Waals surface area contributed by atoms with Gasteiger partial charge in [-0.15, -0.1) is 0 Å². The molecule has 0 spiro atoms. The van der Waals surface area contributed by atoms with Crippen LogP contribution in [-0.2, 0) is 9.53 Å². The van der Waals surface area contributed by atoms with Gasteiger partial charge in [0.2, 0.25) is 11.7 Å². The standard InChI is InChI=1S/C25H29N3O4/c1-17-9-6-11-21(19(17)3)30-14-7-12-23(29)28-13-15-31-22(16-28)25-26-24(27-32-25)20-10-5-4-8-18(20)2/h4-6,8-11,22H,7,12-16H2,1-3H3/t22-/m0/s1. The number of ether oxygens (including phenoxy) is 2. The van der Waals surface area contributed by atoms with Crippen LogP contribution in [-0.4, -0.2) is 47.3 Å². The van der Waals surface area contributed by atoms with Gasteiger partial charge in [-0.05, 0) is 49.9 Å². The topological polar surface area (TPSA) is 77.7 Å². The summed E-state index contributed by atoms with van der Waals surface area (Å²) in [5.41, 5.74) is 4.34. The molecule has 32 heavy (non-hydrogen) atoms. The van der Waals surface area contributed by atoms with Crippen molar-refractivity contribution >= 4 is 5.91 Å². The highest BCUT2D eigenvalue weighted by Gasteiger charge is 2.29. The lowest BCUT2D eigenvalue weighted by Crippen LogP contribution is -2.42. The zero-order valence-electron chi connectivity index (χ0n) is 18.8. The number of rotatable bonds is 7. The molecule has 0 unspecified atom stereocenters. The highest BCUT2D eigenvalue weighted by molar-refractivity contribution is 5.76. The maximum absolute atomic E-state index is 12.7. The lowest BCUT2D eigenvalue weighted by molar-refractivity contribution is -0.140. The van der Waals surface area contributed by atoms with Crippen molar-refractivity contribution in [3.63, 3.8) is 0 Å². The molecule has 1 aromatic heterocycles. The van der Waals surface area contributed by atoms with E-state index in [9.17, 15) is 4.79 Å². The number of hydrogen-bond acceptors (Lipinski definition) is 6. The lowest BCUT2D eigenvalue weighted by Gasteiger charge is -2.31. The zero-order chi connectivity index (χ0) is 22.5. The molecule has 1 aliphatic heterocycles. The molecule has 7 nitrogen and oxygen atoms in total. The van der Waals surface area contributed by atoms with E-state index in [1.54, 1.807) is 0 Å². The maximum Gasteiger partial charge on any atom is 0.257 e. The minimum atomic E-state index is -0.413. The number of benzene rings is 2. The summed E-state index contributed by atoms with van der Waals surface area (Å²) in [5.74, 6) is 1.90. The fourth-order valence-electron chi connectivity index (χ4n) is 3.77. The molecule has 0 N–H and O–H groups in total. The van der Waals surface area contributed by atoms with Crippen molar-refractivity contribution in [3.05, 3.63) is 65.0 Å². The summed E-state index contributed by atoms with van der Waals surface area (Å²) in [6.07, 6.45) is 0.673.